The van der Waals surface area contributed by atoms with Crippen molar-refractivity contribution in [1.82, 2.24) is 9.97 Å². The molecule has 0 aliphatic rings. The smallest absolute Gasteiger partial charge is 0.274 e. The molecule has 1 amide bonds. The number of carbonyl (C=O) groups is 2. The fourth-order valence-electron chi connectivity index (χ4n) is 2.60. The third-order valence-electron chi connectivity index (χ3n) is 3.91. The molecule has 2 aromatic carbocycles. The summed E-state index contributed by atoms with van der Waals surface area (Å²) in [5, 5.41) is 5.98. The van der Waals surface area contributed by atoms with Crippen molar-refractivity contribution < 1.29 is 9.59 Å². The minimum Gasteiger partial charge on any atom is -0.340 e. The molecule has 1 aromatic heterocycles. The lowest BCUT2D eigenvalue weighted by molar-refractivity contribution is 0.101. The molecule has 0 saturated heterocycles. The Bertz CT molecular complexity index is 997. The first-order valence-corrected chi connectivity index (χ1v) is 8.52. The number of ketones is 1. The molecule has 6 heteroatoms. The van der Waals surface area contributed by atoms with Gasteiger partial charge in [-0.25, -0.2) is 9.97 Å². The molecule has 27 heavy (non-hydrogen) atoms. The Hall–Kier alpha value is -3.54. The maximum atomic E-state index is 12.5. The fourth-order valence-corrected chi connectivity index (χ4v) is 2.60. The summed E-state index contributed by atoms with van der Waals surface area (Å²) in [5.41, 5.74) is 3.45. The quantitative estimate of drug-likeness (QED) is 0.663. The summed E-state index contributed by atoms with van der Waals surface area (Å²) < 4.78 is 0. The number of benzene rings is 2. The van der Waals surface area contributed by atoms with Crippen molar-refractivity contribution in [2.45, 2.75) is 20.8 Å². The molecule has 0 radical (unpaired) electrons. The van der Waals surface area contributed by atoms with Gasteiger partial charge in [0.05, 0.1) is 0 Å². The summed E-state index contributed by atoms with van der Waals surface area (Å²) in [4.78, 5) is 32.4. The monoisotopic (exact) mass is 360 g/mol. The average molecular weight is 360 g/mol. The number of carbonyl (C=O) groups excluding carboxylic acids is 2. The number of amides is 1. The highest BCUT2D eigenvalue weighted by Gasteiger charge is 2.11. The molecule has 3 aromatic rings. The first kappa shape index (κ1) is 18.3. The number of nitrogens with zero attached hydrogens (tertiary/aromatic N) is 2. The Morgan fingerprint density at radius 2 is 1.63 bits per heavy atom. The van der Waals surface area contributed by atoms with E-state index in [1.165, 1.54) is 6.92 Å². The van der Waals surface area contributed by atoms with Gasteiger partial charge in [-0.1, -0.05) is 12.1 Å². The van der Waals surface area contributed by atoms with E-state index in [1.54, 1.807) is 37.3 Å². The van der Waals surface area contributed by atoms with Gasteiger partial charge in [0.25, 0.3) is 5.91 Å². The van der Waals surface area contributed by atoms with Crippen LogP contribution in [0.5, 0.6) is 0 Å². The van der Waals surface area contributed by atoms with E-state index >= 15 is 0 Å². The SMILES string of the molecule is CC(=O)c1ccc(NC(=O)c2cc(Nc3cccc(C)c3)nc(C)n2)cc1. The van der Waals surface area contributed by atoms with Gasteiger partial charge in [-0.05, 0) is 62.7 Å². The summed E-state index contributed by atoms with van der Waals surface area (Å²) >= 11 is 0. The molecule has 2 N–H and O–H groups in total. The largest absolute Gasteiger partial charge is 0.340 e. The number of hydrogen-bond donors (Lipinski definition) is 2. The lowest BCUT2D eigenvalue weighted by atomic mass is 10.1. The number of anilines is 3. The molecule has 6 nitrogen and oxygen atoms in total. The van der Waals surface area contributed by atoms with Crippen molar-refractivity contribution in [1.29, 1.82) is 0 Å². The molecule has 0 bridgehead atoms. The molecule has 136 valence electrons. The van der Waals surface area contributed by atoms with Gasteiger partial charge in [0.2, 0.25) is 0 Å². The molecule has 0 aliphatic heterocycles. The first-order chi connectivity index (χ1) is 12.9. The van der Waals surface area contributed by atoms with Crippen LogP contribution in [0, 0.1) is 13.8 Å². The van der Waals surface area contributed by atoms with Gasteiger partial charge in [-0.3, -0.25) is 9.59 Å². The fraction of sp³-hybridized carbons (Fsp3) is 0.143. The third kappa shape index (κ3) is 4.76. The number of aryl methyl sites for hydroxylation is 2. The van der Waals surface area contributed by atoms with E-state index in [0.29, 0.717) is 22.9 Å². The van der Waals surface area contributed by atoms with Crippen LogP contribution in [0.25, 0.3) is 0 Å². The zero-order valence-electron chi connectivity index (χ0n) is 15.4. The van der Waals surface area contributed by atoms with Gasteiger partial charge < -0.3 is 10.6 Å². The highest BCUT2D eigenvalue weighted by molar-refractivity contribution is 6.03. The summed E-state index contributed by atoms with van der Waals surface area (Å²) in [5.74, 6) is 0.671. The van der Waals surface area contributed by atoms with Crippen LogP contribution < -0.4 is 10.6 Å². The van der Waals surface area contributed by atoms with Crippen LogP contribution in [0.1, 0.15) is 39.2 Å². The average Bonchev–Trinajstić information content (AvgIpc) is 2.61. The molecule has 0 spiro atoms. The van der Waals surface area contributed by atoms with E-state index in [4.69, 9.17) is 0 Å². The highest BCUT2D eigenvalue weighted by atomic mass is 16.2. The van der Waals surface area contributed by atoms with Gasteiger partial charge in [0.15, 0.2) is 5.78 Å². The zero-order chi connectivity index (χ0) is 19.4. The zero-order valence-corrected chi connectivity index (χ0v) is 15.4. The lowest BCUT2D eigenvalue weighted by Gasteiger charge is -2.10. The Morgan fingerprint density at radius 1 is 0.889 bits per heavy atom. The van der Waals surface area contributed by atoms with E-state index in [-0.39, 0.29) is 17.4 Å². The molecule has 0 unspecified atom stereocenters. The van der Waals surface area contributed by atoms with Crippen LogP contribution in [-0.2, 0) is 0 Å². The molecule has 0 fully saturated rings. The van der Waals surface area contributed by atoms with E-state index in [1.807, 2.05) is 31.2 Å². The van der Waals surface area contributed by atoms with Gasteiger partial charge in [0.1, 0.15) is 17.3 Å². The third-order valence-corrected chi connectivity index (χ3v) is 3.91. The number of nitrogens with one attached hydrogen (secondary N) is 2. The van der Waals surface area contributed by atoms with Crippen molar-refractivity contribution in [2.75, 3.05) is 10.6 Å². The van der Waals surface area contributed by atoms with Crippen molar-refractivity contribution in [2.24, 2.45) is 0 Å². The minimum absolute atomic E-state index is 0.0221. The van der Waals surface area contributed by atoms with Crippen molar-refractivity contribution in [3.63, 3.8) is 0 Å². The molecule has 1 heterocycles. The van der Waals surface area contributed by atoms with E-state index in [0.717, 1.165) is 11.3 Å². The Kier molecular flexibility index (Phi) is 5.26. The van der Waals surface area contributed by atoms with Gasteiger partial charge in [0, 0.05) is 23.0 Å². The molecular formula is C21H20N4O2. The number of Topliss-reactive ketones (excluding diaryl/α,β-unsaturated/α-hetero) is 1. The summed E-state index contributed by atoms with van der Waals surface area (Å²) in [6, 6.07) is 16.2. The maximum Gasteiger partial charge on any atom is 0.274 e. The second-order valence-electron chi connectivity index (χ2n) is 6.27. The topological polar surface area (TPSA) is 84.0 Å². The van der Waals surface area contributed by atoms with Crippen LogP contribution in [0.2, 0.25) is 0 Å². The highest BCUT2D eigenvalue weighted by Crippen LogP contribution is 2.18. The van der Waals surface area contributed by atoms with Gasteiger partial charge >= 0.3 is 0 Å². The normalized spacial score (nSPS) is 10.3. The molecule has 3 rings (SSSR count). The maximum absolute atomic E-state index is 12.5. The van der Waals surface area contributed by atoms with Crippen LogP contribution in [0.4, 0.5) is 17.2 Å². The molecular weight excluding hydrogens is 340 g/mol. The second kappa shape index (κ2) is 7.78. The molecule has 0 aliphatic carbocycles. The number of hydrogen-bond acceptors (Lipinski definition) is 5. The van der Waals surface area contributed by atoms with Crippen molar-refractivity contribution >= 4 is 28.9 Å². The standard InChI is InChI=1S/C21H20N4O2/c1-13-5-4-6-18(11-13)24-20-12-19(22-15(3)23-20)21(27)25-17-9-7-16(8-10-17)14(2)26/h4-12H,1-3H3,(H,25,27)(H,22,23,24). The van der Waals surface area contributed by atoms with Crippen LogP contribution >= 0.6 is 0 Å². The summed E-state index contributed by atoms with van der Waals surface area (Å²) in [7, 11) is 0. The van der Waals surface area contributed by atoms with Crippen LogP contribution in [0.3, 0.4) is 0 Å². The Labute approximate surface area is 157 Å². The second-order valence-corrected chi connectivity index (χ2v) is 6.27. The first-order valence-electron chi connectivity index (χ1n) is 8.52. The number of rotatable bonds is 5. The Morgan fingerprint density at radius 3 is 2.30 bits per heavy atom. The molecule has 0 atom stereocenters. The van der Waals surface area contributed by atoms with Crippen LogP contribution in [-0.4, -0.2) is 21.7 Å². The van der Waals surface area contributed by atoms with Crippen molar-refractivity contribution in [3.05, 3.63) is 77.2 Å². The lowest BCUT2D eigenvalue weighted by Crippen LogP contribution is -2.15. The van der Waals surface area contributed by atoms with Crippen molar-refractivity contribution in [3.8, 4) is 0 Å². The van der Waals surface area contributed by atoms with E-state index < -0.39 is 0 Å². The summed E-state index contributed by atoms with van der Waals surface area (Å²) in [6.07, 6.45) is 0. The number of aromatic nitrogens is 2. The summed E-state index contributed by atoms with van der Waals surface area (Å²) in [6.45, 7) is 5.24. The van der Waals surface area contributed by atoms with E-state index in [9.17, 15) is 9.59 Å². The predicted octanol–water partition coefficient (Wildman–Crippen LogP) is 4.29. The minimum atomic E-state index is -0.344. The van der Waals surface area contributed by atoms with Gasteiger partial charge in [-0.15, -0.1) is 0 Å². The van der Waals surface area contributed by atoms with Crippen LogP contribution in [0.15, 0.2) is 54.6 Å². The van der Waals surface area contributed by atoms with E-state index in [2.05, 4.69) is 20.6 Å². The predicted molar refractivity (Wildman–Crippen MR) is 106 cm³/mol. The molecule has 0 saturated carbocycles. The Balaban J connectivity index is 1.78. The van der Waals surface area contributed by atoms with Gasteiger partial charge in [-0.2, -0.15) is 0 Å².